The molecular formula is C45H56F3N7O7. The minimum atomic E-state index is -4.68. The number of amides is 3. The summed E-state index contributed by atoms with van der Waals surface area (Å²) in [5.41, 5.74) is 9.19. The molecule has 62 heavy (non-hydrogen) atoms. The van der Waals surface area contributed by atoms with Crippen molar-refractivity contribution in [2.45, 2.75) is 71.3 Å². The average Bonchev–Trinajstić information content (AvgIpc) is 3.52. The van der Waals surface area contributed by atoms with Gasteiger partial charge in [0.2, 0.25) is 5.91 Å². The van der Waals surface area contributed by atoms with Crippen LogP contribution < -0.4 is 21.7 Å². The summed E-state index contributed by atoms with van der Waals surface area (Å²) in [6, 6.07) is 19.7. The summed E-state index contributed by atoms with van der Waals surface area (Å²) >= 11 is 0. The first kappa shape index (κ1) is 49.0. The first-order valence-corrected chi connectivity index (χ1v) is 20.4. The van der Waals surface area contributed by atoms with Crippen LogP contribution in [0.1, 0.15) is 69.8 Å². The van der Waals surface area contributed by atoms with Crippen LogP contribution in [-0.2, 0) is 42.8 Å². The van der Waals surface area contributed by atoms with E-state index < -0.39 is 41.4 Å². The summed E-state index contributed by atoms with van der Waals surface area (Å²) in [5, 5.41) is 32.3. The second-order valence-corrected chi connectivity index (χ2v) is 15.1. The lowest BCUT2D eigenvalue weighted by Gasteiger charge is -2.24. The predicted molar refractivity (Wildman–Crippen MR) is 225 cm³/mol. The summed E-state index contributed by atoms with van der Waals surface area (Å²) in [5.74, 6) is -1.25. The normalized spacial score (nSPS) is 13.0. The fraction of sp³-hybridized carbons (Fsp3) is 0.444. The molecule has 3 unspecified atom stereocenters. The number of alkyl halides is 3. The minimum absolute atomic E-state index is 0.103. The van der Waals surface area contributed by atoms with Crippen molar-refractivity contribution in [2.24, 2.45) is 11.7 Å². The number of aryl methyl sites for hydroxylation is 1. The lowest BCUT2D eigenvalue weighted by Crippen LogP contribution is -2.54. The Kier molecular flexibility index (Phi) is 19.1. The highest BCUT2D eigenvalue weighted by atomic mass is 19.4. The molecule has 0 aliphatic carbocycles. The molecule has 4 aromatic rings. The van der Waals surface area contributed by atoms with E-state index in [0.717, 1.165) is 28.8 Å². The molecule has 0 fully saturated rings. The number of hydrogen-bond donors (Lipinski definition) is 5. The number of aromatic nitrogens is 2. The van der Waals surface area contributed by atoms with Gasteiger partial charge in [0.1, 0.15) is 12.1 Å². The standard InChI is InChI=1S/C45H56F3N7O7/c1-29(2)24-40(53-44(59)41(56)39(50)26-32-8-6-5-7-9-32)43(58)52-17-19-61-21-23-62-22-20-60-18-16-51-42(57)34-12-10-33(11-13-34)25-37-30(3)54-55(31(37)4)36-15-14-35(28-49)38(27-36)45(46,47)48/h5-15,27,29,39-41,56H,16-26,50H2,1-4H3,(H,51,57)(H,52,58)(H,53,59). The SMILES string of the molecule is Cc1nn(-c2ccc(C#N)c(C(F)(F)F)c2)c(C)c1Cc1ccc(C(=O)NCCOCCOCCOCCNC(=O)C(CC(C)C)NC(=O)C(O)C(N)Cc2ccccc2)cc1. The van der Waals surface area contributed by atoms with Gasteiger partial charge in [0.15, 0.2) is 0 Å². The summed E-state index contributed by atoms with van der Waals surface area (Å²) in [6.45, 7) is 9.61. The number of benzene rings is 3. The number of carbonyl (C=O) groups is 3. The predicted octanol–water partition coefficient (Wildman–Crippen LogP) is 4.33. The van der Waals surface area contributed by atoms with Crippen LogP contribution in [0.2, 0.25) is 0 Å². The van der Waals surface area contributed by atoms with Gasteiger partial charge in [-0.1, -0.05) is 56.3 Å². The number of hydrogen-bond acceptors (Lipinski definition) is 10. The summed E-state index contributed by atoms with van der Waals surface area (Å²) < 4.78 is 58.7. The largest absolute Gasteiger partial charge is 0.417 e. The number of nitriles is 1. The third-order valence-electron chi connectivity index (χ3n) is 9.86. The summed E-state index contributed by atoms with van der Waals surface area (Å²) in [4.78, 5) is 38.3. The molecule has 3 aromatic carbocycles. The second-order valence-electron chi connectivity index (χ2n) is 15.1. The molecule has 0 spiro atoms. The van der Waals surface area contributed by atoms with Crippen molar-refractivity contribution in [1.29, 1.82) is 5.26 Å². The number of carbonyl (C=O) groups excluding carboxylic acids is 3. The van der Waals surface area contributed by atoms with Gasteiger partial charge in [0, 0.05) is 42.4 Å². The number of nitrogens with zero attached hydrogens (tertiary/aromatic N) is 3. The second kappa shape index (κ2) is 24.1. The maximum atomic E-state index is 13.6. The Morgan fingerprint density at radius 2 is 1.47 bits per heavy atom. The summed E-state index contributed by atoms with van der Waals surface area (Å²) in [7, 11) is 0. The minimum Gasteiger partial charge on any atom is -0.382 e. The Labute approximate surface area is 359 Å². The first-order chi connectivity index (χ1) is 29.6. The van der Waals surface area contributed by atoms with Crippen molar-refractivity contribution in [3.63, 3.8) is 0 Å². The van der Waals surface area contributed by atoms with Crippen LogP contribution in [0.4, 0.5) is 13.2 Å². The third-order valence-corrected chi connectivity index (χ3v) is 9.86. The van der Waals surface area contributed by atoms with Gasteiger partial charge in [-0.25, -0.2) is 4.68 Å². The lowest BCUT2D eigenvalue weighted by molar-refractivity contribution is -0.137. The van der Waals surface area contributed by atoms with Crippen molar-refractivity contribution in [3.05, 3.63) is 118 Å². The van der Waals surface area contributed by atoms with E-state index in [1.807, 2.05) is 56.3 Å². The van der Waals surface area contributed by atoms with E-state index in [-0.39, 0.29) is 56.3 Å². The molecule has 17 heteroatoms. The van der Waals surface area contributed by atoms with Gasteiger partial charge in [0.05, 0.1) is 68.2 Å². The first-order valence-electron chi connectivity index (χ1n) is 20.4. The molecule has 0 radical (unpaired) electrons. The molecule has 0 aliphatic rings. The van der Waals surface area contributed by atoms with E-state index >= 15 is 0 Å². The Morgan fingerprint density at radius 3 is 2.06 bits per heavy atom. The fourth-order valence-corrected chi connectivity index (χ4v) is 6.56. The summed E-state index contributed by atoms with van der Waals surface area (Å²) in [6.07, 6.45) is -5.03. The van der Waals surface area contributed by atoms with Crippen molar-refractivity contribution < 1.29 is 46.9 Å². The highest BCUT2D eigenvalue weighted by Crippen LogP contribution is 2.34. The van der Waals surface area contributed by atoms with Gasteiger partial charge < -0.3 is 41.0 Å². The quantitative estimate of drug-likeness (QED) is 0.0632. The van der Waals surface area contributed by atoms with Crippen LogP contribution in [0.15, 0.2) is 72.8 Å². The molecule has 334 valence electrons. The number of aliphatic hydroxyl groups is 1. The fourth-order valence-electron chi connectivity index (χ4n) is 6.56. The average molecular weight is 864 g/mol. The molecule has 1 heterocycles. The highest BCUT2D eigenvalue weighted by Gasteiger charge is 2.34. The van der Waals surface area contributed by atoms with Crippen LogP contribution in [-0.4, -0.2) is 104 Å². The number of aliphatic hydroxyl groups excluding tert-OH is 1. The topological polar surface area (TPSA) is 203 Å². The van der Waals surface area contributed by atoms with E-state index in [4.69, 9.17) is 25.2 Å². The molecule has 14 nitrogen and oxygen atoms in total. The van der Waals surface area contributed by atoms with Crippen molar-refractivity contribution in [2.75, 3.05) is 52.7 Å². The van der Waals surface area contributed by atoms with E-state index in [0.29, 0.717) is 56.0 Å². The maximum absolute atomic E-state index is 13.6. The molecule has 0 bridgehead atoms. The highest BCUT2D eigenvalue weighted by molar-refractivity contribution is 5.94. The molecule has 3 atom stereocenters. The lowest BCUT2D eigenvalue weighted by atomic mass is 10.00. The van der Waals surface area contributed by atoms with Gasteiger partial charge in [-0.2, -0.15) is 23.5 Å². The number of nitrogens with two attached hydrogens (primary N) is 1. The van der Waals surface area contributed by atoms with Crippen LogP contribution >= 0.6 is 0 Å². The van der Waals surface area contributed by atoms with Gasteiger partial charge >= 0.3 is 6.18 Å². The van der Waals surface area contributed by atoms with Crippen LogP contribution in [0.3, 0.4) is 0 Å². The van der Waals surface area contributed by atoms with Crippen LogP contribution in [0, 0.1) is 31.1 Å². The van der Waals surface area contributed by atoms with Crippen molar-refractivity contribution >= 4 is 17.7 Å². The Bertz CT molecular complexity index is 2110. The Balaban J connectivity index is 1.06. The molecule has 0 aliphatic heterocycles. The van der Waals surface area contributed by atoms with Crippen LogP contribution in [0.5, 0.6) is 0 Å². The zero-order valence-corrected chi connectivity index (χ0v) is 35.5. The number of nitrogens with one attached hydrogen (secondary N) is 3. The van der Waals surface area contributed by atoms with Gasteiger partial charge in [-0.3, -0.25) is 14.4 Å². The number of ether oxygens (including phenoxy) is 3. The molecule has 6 N–H and O–H groups in total. The van der Waals surface area contributed by atoms with E-state index in [9.17, 15) is 32.7 Å². The molecule has 4 rings (SSSR count). The number of halogens is 3. The molecule has 1 aromatic heterocycles. The number of rotatable bonds is 24. The third kappa shape index (κ3) is 15.1. The van der Waals surface area contributed by atoms with Gasteiger partial charge in [-0.05, 0) is 74.1 Å². The van der Waals surface area contributed by atoms with Gasteiger partial charge in [-0.15, -0.1) is 0 Å². The monoisotopic (exact) mass is 863 g/mol. The van der Waals surface area contributed by atoms with Crippen molar-refractivity contribution in [3.8, 4) is 11.8 Å². The Hall–Kier alpha value is -5.64. The molecule has 0 saturated heterocycles. The maximum Gasteiger partial charge on any atom is 0.417 e. The molecule has 3 amide bonds. The van der Waals surface area contributed by atoms with E-state index in [2.05, 4.69) is 21.0 Å². The van der Waals surface area contributed by atoms with Gasteiger partial charge in [0.25, 0.3) is 11.8 Å². The van der Waals surface area contributed by atoms with E-state index in [1.165, 1.54) is 10.7 Å². The Morgan fingerprint density at radius 1 is 0.855 bits per heavy atom. The zero-order valence-electron chi connectivity index (χ0n) is 35.5. The molecule has 0 saturated carbocycles. The molecular weight excluding hydrogens is 808 g/mol. The van der Waals surface area contributed by atoms with Crippen molar-refractivity contribution in [1.82, 2.24) is 25.7 Å². The van der Waals surface area contributed by atoms with E-state index in [1.54, 1.807) is 32.0 Å². The zero-order chi connectivity index (χ0) is 45.2. The smallest absolute Gasteiger partial charge is 0.382 e. The van der Waals surface area contributed by atoms with Crippen LogP contribution in [0.25, 0.3) is 5.69 Å².